The molecule has 0 amide bonds. The Hall–Kier alpha value is -1.13. The van der Waals surface area contributed by atoms with Crippen LogP contribution in [0.5, 0.6) is 0 Å². The molecule has 1 aromatic heterocycles. The molecular weight excluding hydrogens is 192 g/mol. The summed E-state index contributed by atoms with van der Waals surface area (Å²) in [5.74, 6) is 0. The number of nitrogens with zero attached hydrogens (tertiary/aromatic N) is 1. The van der Waals surface area contributed by atoms with Crippen molar-refractivity contribution in [2.75, 3.05) is 20.2 Å². The van der Waals surface area contributed by atoms with Gasteiger partial charge in [0.2, 0.25) is 0 Å². The topological polar surface area (TPSA) is 43.3 Å². The van der Waals surface area contributed by atoms with Gasteiger partial charge in [-0.3, -0.25) is 4.79 Å². The molecule has 4 heteroatoms. The number of rotatable bonds is 2. The smallest absolute Gasteiger partial charge is 0.250 e. The molecular formula is C11H16N2O2. The number of aromatic nitrogens is 1. The molecule has 2 atom stereocenters. The van der Waals surface area contributed by atoms with Crippen molar-refractivity contribution in [1.82, 2.24) is 9.88 Å². The highest BCUT2D eigenvalue weighted by atomic mass is 16.5. The third-order valence-electron chi connectivity index (χ3n) is 2.90. The first-order valence-corrected chi connectivity index (χ1v) is 5.23. The highest BCUT2D eigenvalue weighted by Crippen LogP contribution is 2.19. The number of hydrogen-bond donors (Lipinski definition) is 1. The van der Waals surface area contributed by atoms with Gasteiger partial charge < -0.3 is 14.6 Å². The van der Waals surface area contributed by atoms with E-state index in [0.717, 1.165) is 19.5 Å². The van der Waals surface area contributed by atoms with Crippen molar-refractivity contribution >= 4 is 0 Å². The Bertz CT molecular complexity index is 375. The van der Waals surface area contributed by atoms with Gasteiger partial charge in [-0.05, 0) is 19.0 Å². The van der Waals surface area contributed by atoms with Gasteiger partial charge in [-0.1, -0.05) is 6.07 Å². The Kier molecular flexibility index (Phi) is 3.18. The van der Waals surface area contributed by atoms with Gasteiger partial charge in [0.05, 0.1) is 12.1 Å². The van der Waals surface area contributed by atoms with Crippen molar-refractivity contribution < 1.29 is 4.74 Å². The second-order valence-corrected chi connectivity index (χ2v) is 3.78. The van der Waals surface area contributed by atoms with Crippen LogP contribution in [0.25, 0.3) is 0 Å². The number of nitrogens with one attached hydrogen (secondary N) is 1. The summed E-state index contributed by atoms with van der Waals surface area (Å²) in [6.07, 6.45) is 2.85. The minimum atomic E-state index is 0.0476. The number of hydrogen-bond acceptors (Lipinski definition) is 3. The number of ether oxygens (including phenoxy) is 1. The number of pyridine rings is 1. The molecule has 1 aliphatic heterocycles. The maximum Gasteiger partial charge on any atom is 0.250 e. The summed E-state index contributed by atoms with van der Waals surface area (Å²) in [6.45, 7) is 1.74. The number of piperidine rings is 1. The lowest BCUT2D eigenvalue weighted by Gasteiger charge is -2.32. The van der Waals surface area contributed by atoms with Crippen LogP contribution in [-0.2, 0) is 4.74 Å². The molecule has 2 unspecified atom stereocenters. The minimum absolute atomic E-state index is 0.0476. The molecule has 1 saturated heterocycles. The van der Waals surface area contributed by atoms with E-state index >= 15 is 0 Å². The maximum atomic E-state index is 11.7. The lowest BCUT2D eigenvalue weighted by Crippen LogP contribution is -2.45. The van der Waals surface area contributed by atoms with E-state index in [1.807, 2.05) is 12.3 Å². The van der Waals surface area contributed by atoms with Crippen molar-refractivity contribution in [2.24, 2.45) is 0 Å². The van der Waals surface area contributed by atoms with E-state index in [2.05, 4.69) is 5.32 Å². The molecule has 2 rings (SSSR count). The average Bonchev–Trinajstić information content (AvgIpc) is 2.30. The lowest BCUT2D eigenvalue weighted by atomic mass is 10.0. The summed E-state index contributed by atoms with van der Waals surface area (Å²) < 4.78 is 7.16. The molecule has 2 heterocycles. The van der Waals surface area contributed by atoms with Gasteiger partial charge in [0.15, 0.2) is 0 Å². The van der Waals surface area contributed by atoms with Crippen molar-refractivity contribution in [3.05, 3.63) is 34.7 Å². The summed E-state index contributed by atoms with van der Waals surface area (Å²) in [5.41, 5.74) is 0.0476. The van der Waals surface area contributed by atoms with Crippen LogP contribution >= 0.6 is 0 Å². The van der Waals surface area contributed by atoms with Crippen LogP contribution in [0, 0.1) is 0 Å². The summed E-state index contributed by atoms with van der Waals surface area (Å²) >= 11 is 0. The average molecular weight is 208 g/mol. The molecule has 0 aliphatic carbocycles. The minimum Gasteiger partial charge on any atom is -0.378 e. The monoisotopic (exact) mass is 208 g/mol. The molecule has 0 radical (unpaired) electrons. The van der Waals surface area contributed by atoms with Gasteiger partial charge in [0.1, 0.15) is 0 Å². The first-order chi connectivity index (χ1) is 7.33. The normalized spacial score (nSPS) is 26.5. The van der Waals surface area contributed by atoms with Crippen LogP contribution < -0.4 is 10.9 Å². The SMILES string of the molecule is COC1CNCCC1n1ccccc1=O. The summed E-state index contributed by atoms with van der Waals surface area (Å²) in [6, 6.07) is 5.40. The van der Waals surface area contributed by atoms with Crippen molar-refractivity contribution in [1.29, 1.82) is 0 Å². The molecule has 1 N–H and O–H groups in total. The van der Waals surface area contributed by atoms with Crippen LogP contribution in [0.1, 0.15) is 12.5 Å². The molecule has 1 aromatic rings. The zero-order chi connectivity index (χ0) is 10.7. The van der Waals surface area contributed by atoms with Gasteiger partial charge in [0.25, 0.3) is 5.56 Å². The summed E-state index contributed by atoms with van der Waals surface area (Å²) in [5, 5.41) is 3.26. The Labute approximate surface area is 88.9 Å². The van der Waals surface area contributed by atoms with Crippen LogP contribution in [0.4, 0.5) is 0 Å². The predicted molar refractivity (Wildman–Crippen MR) is 58.0 cm³/mol. The summed E-state index contributed by atoms with van der Waals surface area (Å²) in [4.78, 5) is 11.7. The Morgan fingerprint density at radius 2 is 2.40 bits per heavy atom. The van der Waals surface area contributed by atoms with Gasteiger partial charge >= 0.3 is 0 Å². The van der Waals surface area contributed by atoms with E-state index in [1.165, 1.54) is 0 Å². The molecule has 15 heavy (non-hydrogen) atoms. The van der Waals surface area contributed by atoms with E-state index in [9.17, 15) is 4.79 Å². The van der Waals surface area contributed by atoms with Crippen LogP contribution in [0.15, 0.2) is 29.2 Å². The van der Waals surface area contributed by atoms with E-state index in [4.69, 9.17) is 4.74 Å². The molecule has 0 saturated carbocycles. The molecule has 0 bridgehead atoms. The van der Waals surface area contributed by atoms with E-state index in [-0.39, 0.29) is 17.7 Å². The van der Waals surface area contributed by atoms with Crippen LogP contribution in [0.2, 0.25) is 0 Å². The fourth-order valence-corrected chi connectivity index (χ4v) is 2.09. The van der Waals surface area contributed by atoms with Crippen molar-refractivity contribution in [3.63, 3.8) is 0 Å². The molecule has 82 valence electrons. The molecule has 0 aromatic carbocycles. The fourth-order valence-electron chi connectivity index (χ4n) is 2.09. The molecule has 1 aliphatic rings. The fraction of sp³-hybridized carbons (Fsp3) is 0.545. The number of methoxy groups -OCH3 is 1. The van der Waals surface area contributed by atoms with Crippen molar-refractivity contribution in [2.45, 2.75) is 18.6 Å². The predicted octanol–water partition coefficient (Wildman–Crippen LogP) is 0.398. The molecule has 4 nitrogen and oxygen atoms in total. The molecule has 0 spiro atoms. The van der Waals surface area contributed by atoms with Gasteiger partial charge in [0, 0.05) is 25.9 Å². The maximum absolute atomic E-state index is 11.7. The van der Waals surface area contributed by atoms with Crippen LogP contribution in [-0.4, -0.2) is 30.9 Å². The standard InChI is InChI=1S/C11H16N2O2/c1-15-10-8-12-6-5-9(10)13-7-3-2-4-11(13)14/h2-4,7,9-10,12H,5-6,8H2,1H3. The first-order valence-electron chi connectivity index (χ1n) is 5.23. The largest absolute Gasteiger partial charge is 0.378 e. The van der Waals surface area contributed by atoms with Crippen molar-refractivity contribution in [3.8, 4) is 0 Å². The Morgan fingerprint density at radius 3 is 3.13 bits per heavy atom. The second-order valence-electron chi connectivity index (χ2n) is 3.78. The van der Waals surface area contributed by atoms with Gasteiger partial charge in [-0.15, -0.1) is 0 Å². The first kappa shape index (κ1) is 10.4. The van der Waals surface area contributed by atoms with E-state index in [1.54, 1.807) is 23.8 Å². The highest BCUT2D eigenvalue weighted by molar-refractivity contribution is 4.97. The Balaban J connectivity index is 2.28. The second kappa shape index (κ2) is 4.59. The van der Waals surface area contributed by atoms with Gasteiger partial charge in [-0.25, -0.2) is 0 Å². The highest BCUT2D eigenvalue weighted by Gasteiger charge is 2.26. The summed E-state index contributed by atoms with van der Waals surface area (Å²) in [7, 11) is 1.69. The lowest BCUT2D eigenvalue weighted by molar-refractivity contribution is 0.0378. The molecule has 1 fully saturated rings. The zero-order valence-electron chi connectivity index (χ0n) is 8.85. The van der Waals surface area contributed by atoms with Crippen LogP contribution in [0.3, 0.4) is 0 Å². The third kappa shape index (κ3) is 2.11. The zero-order valence-corrected chi connectivity index (χ0v) is 8.85. The van der Waals surface area contributed by atoms with E-state index in [0.29, 0.717) is 0 Å². The Morgan fingerprint density at radius 1 is 1.53 bits per heavy atom. The van der Waals surface area contributed by atoms with E-state index < -0.39 is 0 Å². The quantitative estimate of drug-likeness (QED) is 0.765. The van der Waals surface area contributed by atoms with Gasteiger partial charge in [-0.2, -0.15) is 0 Å². The third-order valence-corrected chi connectivity index (χ3v) is 2.90.